The zero-order chi connectivity index (χ0) is 38.3. The van der Waals surface area contributed by atoms with E-state index in [1.807, 2.05) is 55.8 Å². The fourth-order valence-corrected chi connectivity index (χ4v) is 9.20. The number of rotatable bonds is 8. The highest BCUT2D eigenvalue weighted by molar-refractivity contribution is 6.05. The first kappa shape index (κ1) is 40.3. The van der Waals surface area contributed by atoms with Crippen LogP contribution in [0.2, 0.25) is 0 Å². The summed E-state index contributed by atoms with van der Waals surface area (Å²) in [5.41, 5.74) is -0.532. The zero-order valence-corrected chi connectivity index (χ0v) is 32.8. The van der Waals surface area contributed by atoms with E-state index in [9.17, 15) is 19.5 Å². The van der Waals surface area contributed by atoms with Gasteiger partial charge in [-0.05, 0) is 59.9 Å². The van der Waals surface area contributed by atoms with Crippen LogP contribution in [0.3, 0.4) is 0 Å². The number of amides is 1. The highest BCUT2D eigenvalue weighted by Crippen LogP contribution is 2.44. The SMILES string of the molecule is Bn1cc(CCN(C)[C@H]2C[C@@H](C)O[C@@H](O[C@@H]3[C@@H](C)C(=O)[C@@H](C)C(=O)O[C@H](CC)[C@@]4(C)OC(=O)N5CCN=C([C@H](C)C[C@@]3(C)OC)[C@H](C)[C@@H]54)[C@@H]2O)nn1. The fourth-order valence-electron chi connectivity index (χ4n) is 9.20. The molecule has 1 amide bonds. The average molecular weight is 731 g/mol. The molecule has 1 N–H and O–H groups in total. The first-order chi connectivity index (χ1) is 24.4. The molecule has 1 aromatic rings. The minimum atomic E-state index is -1.16. The summed E-state index contributed by atoms with van der Waals surface area (Å²) in [6.45, 7) is 16.3. The van der Waals surface area contributed by atoms with Crippen molar-refractivity contribution >= 4 is 31.5 Å². The van der Waals surface area contributed by atoms with Gasteiger partial charge in [-0.2, -0.15) is 0 Å². The molecule has 4 aliphatic rings. The molecule has 0 unspecified atom stereocenters. The van der Waals surface area contributed by atoms with Crippen LogP contribution in [0.15, 0.2) is 11.2 Å². The van der Waals surface area contributed by atoms with E-state index in [0.29, 0.717) is 45.3 Å². The molecule has 3 fully saturated rings. The van der Waals surface area contributed by atoms with Crippen molar-refractivity contribution in [3.63, 3.8) is 0 Å². The highest BCUT2D eigenvalue weighted by Gasteiger charge is 2.60. The van der Waals surface area contributed by atoms with E-state index in [0.717, 1.165) is 11.4 Å². The molecule has 0 spiro atoms. The van der Waals surface area contributed by atoms with Crippen LogP contribution in [0.1, 0.15) is 80.3 Å². The van der Waals surface area contributed by atoms with Crippen molar-refractivity contribution in [3.05, 3.63) is 11.9 Å². The van der Waals surface area contributed by atoms with Gasteiger partial charge in [0.2, 0.25) is 0 Å². The minimum Gasteiger partial charge on any atom is -0.458 e. The summed E-state index contributed by atoms with van der Waals surface area (Å²) in [5.74, 6) is -3.55. The number of nitrogens with zero attached hydrogens (tertiary/aromatic N) is 6. The number of esters is 1. The summed E-state index contributed by atoms with van der Waals surface area (Å²) in [7, 11) is 5.36. The number of cyclic esters (lactones) is 1. The van der Waals surface area contributed by atoms with Crippen LogP contribution in [-0.2, 0) is 39.7 Å². The average Bonchev–Trinajstić information content (AvgIpc) is 3.57. The van der Waals surface area contributed by atoms with Gasteiger partial charge in [0.1, 0.15) is 18.1 Å². The molecule has 0 aliphatic carbocycles. The van der Waals surface area contributed by atoms with Crippen LogP contribution in [0, 0.1) is 23.7 Å². The Bertz CT molecular complexity index is 1500. The fraction of sp³-hybridized carbons (Fsp3) is 0.833. The molecule has 52 heavy (non-hydrogen) atoms. The Kier molecular flexibility index (Phi) is 12.3. The summed E-state index contributed by atoms with van der Waals surface area (Å²) in [4.78, 5) is 50.2. The van der Waals surface area contributed by atoms with Gasteiger partial charge in [0.05, 0.1) is 36.1 Å². The van der Waals surface area contributed by atoms with Gasteiger partial charge in [-0.1, -0.05) is 32.9 Å². The van der Waals surface area contributed by atoms with Gasteiger partial charge >= 0.3 is 12.1 Å². The maximum absolute atomic E-state index is 14.3. The number of fused-ring (bicyclic) bond motifs is 1. The van der Waals surface area contributed by atoms with Crippen LogP contribution >= 0.6 is 0 Å². The van der Waals surface area contributed by atoms with E-state index in [1.165, 1.54) is 6.92 Å². The molecular formula is C36H59BN6O9. The number of ether oxygens (including phenoxy) is 5. The Hall–Kier alpha value is -2.92. The van der Waals surface area contributed by atoms with Gasteiger partial charge in [0.15, 0.2) is 17.7 Å². The smallest absolute Gasteiger partial charge is 0.410 e. The van der Waals surface area contributed by atoms with Crippen LogP contribution in [0.4, 0.5) is 4.79 Å². The van der Waals surface area contributed by atoms with E-state index in [4.69, 9.17) is 28.7 Å². The lowest BCUT2D eigenvalue weighted by Gasteiger charge is -2.47. The molecule has 2 bridgehead atoms. The number of carbonyl (C=O) groups is 3. The third-order valence-electron chi connectivity index (χ3n) is 12.1. The largest absolute Gasteiger partial charge is 0.458 e. The standard InChI is InChI=1S/C36H59BN6O9/c1-11-26-36(8)30-21(4)27(38-13-15-42(30)34(47)52-36)19(2)17-35(7,48-10)31(22(5)28(44)23(6)32(46)50-26)51-33-29(45)25(16-20(3)49-33)41(9)14-12-24-18-43(37)40-39-24/h18-23,25-26,29-31,33,45H,11-17,37H2,1-10H3/t19-,20-,21+,22+,23-,25+,26-,29-,30-,31-,33+,35-,36-/m1/s1. The maximum atomic E-state index is 14.3. The van der Waals surface area contributed by atoms with Crippen molar-refractivity contribution in [1.82, 2.24) is 24.7 Å². The topological polar surface area (TPSA) is 167 Å². The lowest BCUT2D eigenvalue weighted by atomic mass is 9.73. The molecular weight excluding hydrogens is 671 g/mol. The van der Waals surface area contributed by atoms with Crippen molar-refractivity contribution in [2.75, 3.05) is 33.8 Å². The number of ketones is 1. The number of hydrogen-bond donors (Lipinski definition) is 1. The molecule has 16 heteroatoms. The van der Waals surface area contributed by atoms with E-state index in [2.05, 4.69) is 22.1 Å². The Labute approximate surface area is 308 Å². The van der Waals surface area contributed by atoms with E-state index < -0.39 is 71.5 Å². The second-order valence-electron chi connectivity index (χ2n) is 15.9. The molecule has 13 atom stereocenters. The van der Waals surface area contributed by atoms with E-state index in [1.54, 1.807) is 23.5 Å². The quantitative estimate of drug-likeness (QED) is 0.234. The molecule has 0 aromatic carbocycles. The van der Waals surface area contributed by atoms with Gasteiger partial charge in [-0.15, -0.1) is 5.10 Å². The van der Waals surface area contributed by atoms with Crippen molar-refractivity contribution in [2.45, 2.75) is 135 Å². The lowest BCUT2D eigenvalue weighted by molar-refractivity contribution is -0.295. The third kappa shape index (κ3) is 7.68. The predicted molar refractivity (Wildman–Crippen MR) is 193 cm³/mol. The Morgan fingerprint density at radius 1 is 1.13 bits per heavy atom. The first-order valence-electron chi connectivity index (χ1n) is 18.8. The van der Waals surface area contributed by atoms with Crippen LogP contribution in [0.5, 0.6) is 0 Å². The molecule has 0 radical (unpaired) electrons. The number of aliphatic hydroxyl groups excluding tert-OH is 1. The summed E-state index contributed by atoms with van der Waals surface area (Å²) in [6, 6.07) is -0.761. The molecule has 4 aliphatic heterocycles. The number of aromatic nitrogens is 3. The molecule has 5 rings (SSSR count). The lowest BCUT2D eigenvalue weighted by Crippen LogP contribution is -2.60. The summed E-state index contributed by atoms with van der Waals surface area (Å²) < 4.78 is 33.2. The third-order valence-corrected chi connectivity index (χ3v) is 12.1. The minimum absolute atomic E-state index is 0.174. The van der Waals surface area contributed by atoms with Gasteiger partial charge in [0, 0.05) is 56.4 Å². The summed E-state index contributed by atoms with van der Waals surface area (Å²) in [5, 5.41) is 20.0. The number of carbonyl (C=O) groups excluding carboxylic acids is 3. The van der Waals surface area contributed by atoms with Gasteiger partial charge in [-0.3, -0.25) is 19.5 Å². The van der Waals surface area contributed by atoms with Gasteiger partial charge < -0.3 is 38.3 Å². The second-order valence-corrected chi connectivity index (χ2v) is 15.9. The normalized spacial score (nSPS) is 40.5. The van der Waals surface area contributed by atoms with Crippen LogP contribution in [-0.4, -0.2) is 149 Å². The molecule has 5 heterocycles. The summed E-state index contributed by atoms with van der Waals surface area (Å²) in [6.07, 6.45) is -0.750. The Balaban J connectivity index is 1.49. The second kappa shape index (κ2) is 15.8. The number of likely N-dealkylation sites (N-methyl/N-ethyl adjacent to an activating group) is 1. The van der Waals surface area contributed by atoms with Crippen molar-refractivity contribution < 1.29 is 43.2 Å². The number of aliphatic imine (C=N–C) groups is 1. The van der Waals surface area contributed by atoms with Crippen molar-refractivity contribution in [3.8, 4) is 0 Å². The Morgan fingerprint density at radius 2 is 1.85 bits per heavy atom. The molecule has 3 saturated heterocycles. The number of hydrogen-bond acceptors (Lipinski definition) is 13. The predicted octanol–water partition coefficient (Wildman–Crippen LogP) is 1.68. The molecule has 290 valence electrons. The van der Waals surface area contributed by atoms with Gasteiger partial charge in [0.25, 0.3) is 7.98 Å². The number of methoxy groups -OCH3 is 1. The van der Waals surface area contributed by atoms with E-state index >= 15 is 0 Å². The van der Waals surface area contributed by atoms with E-state index in [-0.39, 0.29) is 24.0 Å². The first-order valence-corrected chi connectivity index (χ1v) is 18.8. The molecule has 0 saturated carbocycles. The molecule has 15 nitrogen and oxygen atoms in total. The number of Topliss-reactive ketones (excluding diaryl/α,β-unsaturated/α-hetero) is 1. The monoisotopic (exact) mass is 730 g/mol. The maximum Gasteiger partial charge on any atom is 0.410 e. The van der Waals surface area contributed by atoms with Crippen LogP contribution in [0.25, 0.3) is 0 Å². The van der Waals surface area contributed by atoms with Crippen molar-refractivity contribution in [1.29, 1.82) is 0 Å². The van der Waals surface area contributed by atoms with Crippen LogP contribution < -0.4 is 0 Å². The van der Waals surface area contributed by atoms with Gasteiger partial charge in [-0.25, -0.2) is 4.79 Å². The molecule has 1 aromatic heterocycles. The Morgan fingerprint density at radius 3 is 2.48 bits per heavy atom. The number of aliphatic hydroxyl groups is 1. The highest BCUT2D eigenvalue weighted by atomic mass is 16.7. The zero-order valence-electron chi connectivity index (χ0n) is 32.8. The summed E-state index contributed by atoms with van der Waals surface area (Å²) >= 11 is 0. The van der Waals surface area contributed by atoms with Crippen molar-refractivity contribution in [2.24, 2.45) is 28.7 Å².